The van der Waals surface area contributed by atoms with E-state index in [1.54, 1.807) is 36.2 Å². The Morgan fingerprint density at radius 1 is 1.03 bits per heavy atom. The van der Waals surface area contributed by atoms with Gasteiger partial charge in [-0.05, 0) is 30.5 Å². The molecule has 184 valence electrons. The highest BCUT2D eigenvalue weighted by atomic mass is 35.5. The maximum absolute atomic E-state index is 13.2. The SMILES string of the molecule is COC(=O)C(c1ccc(Cl)cc1)N1CCN(C(=O)CN2C(=O)N(C)C3(CCCCC3)C2=O)CC1. The Kier molecular flexibility index (Phi) is 7.14. The lowest BCUT2D eigenvalue weighted by atomic mass is 9.81. The number of methoxy groups -OCH3 is 1. The van der Waals surface area contributed by atoms with Crippen LogP contribution in [-0.2, 0) is 19.1 Å². The number of ether oxygens (including phenoxy) is 1. The predicted molar refractivity (Wildman–Crippen MR) is 125 cm³/mol. The van der Waals surface area contributed by atoms with Gasteiger partial charge < -0.3 is 14.5 Å². The zero-order valence-electron chi connectivity index (χ0n) is 19.7. The van der Waals surface area contributed by atoms with Gasteiger partial charge in [0.25, 0.3) is 5.91 Å². The second kappa shape index (κ2) is 9.92. The molecular weight excluding hydrogens is 460 g/mol. The summed E-state index contributed by atoms with van der Waals surface area (Å²) in [5.74, 6) is -0.889. The molecule has 4 rings (SSSR count). The van der Waals surface area contributed by atoms with Gasteiger partial charge in [0.05, 0.1) is 7.11 Å². The van der Waals surface area contributed by atoms with E-state index in [1.165, 1.54) is 12.0 Å². The van der Waals surface area contributed by atoms with Crippen molar-refractivity contribution in [3.8, 4) is 0 Å². The number of imide groups is 1. The summed E-state index contributed by atoms with van der Waals surface area (Å²) in [4.78, 5) is 57.8. The molecule has 3 aliphatic rings. The van der Waals surface area contributed by atoms with Crippen LogP contribution < -0.4 is 0 Å². The Balaban J connectivity index is 1.39. The number of likely N-dealkylation sites (N-methyl/N-ethyl adjacent to an activating group) is 1. The number of esters is 1. The maximum atomic E-state index is 13.2. The van der Waals surface area contributed by atoms with Crippen molar-refractivity contribution in [3.05, 3.63) is 34.9 Å². The molecule has 0 radical (unpaired) electrons. The van der Waals surface area contributed by atoms with Crippen molar-refractivity contribution in [2.45, 2.75) is 43.7 Å². The number of hydrogen-bond acceptors (Lipinski definition) is 6. The van der Waals surface area contributed by atoms with Gasteiger partial charge in [-0.25, -0.2) is 9.59 Å². The summed E-state index contributed by atoms with van der Waals surface area (Å²) in [5.41, 5.74) is -0.0224. The van der Waals surface area contributed by atoms with Crippen molar-refractivity contribution in [3.63, 3.8) is 0 Å². The second-order valence-corrected chi connectivity index (χ2v) is 9.66. The minimum atomic E-state index is -0.791. The van der Waals surface area contributed by atoms with Crippen molar-refractivity contribution in [2.24, 2.45) is 0 Å². The van der Waals surface area contributed by atoms with Gasteiger partial charge in [0.2, 0.25) is 5.91 Å². The van der Waals surface area contributed by atoms with Crippen LogP contribution in [0.4, 0.5) is 4.79 Å². The number of carbonyl (C=O) groups is 4. The fourth-order valence-electron chi connectivity index (χ4n) is 5.39. The minimum Gasteiger partial charge on any atom is -0.468 e. The number of halogens is 1. The molecule has 2 saturated heterocycles. The number of nitrogens with zero attached hydrogens (tertiary/aromatic N) is 4. The van der Waals surface area contributed by atoms with Crippen LogP contribution in [0.5, 0.6) is 0 Å². The Hall–Kier alpha value is -2.65. The van der Waals surface area contributed by atoms with Crippen molar-refractivity contribution in [2.75, 3.05) is 46.9 Å². The number of hydrogen-bond donors (Lipinski definition) is 0. The number of benzene rings is 1. The standard InChI is InChI=1S/C24H31ClN4O5/c1-26-23(33)29(22(32)24(26)10-4-3-5-11-24)16-19(30)27-12-14-28(15-13-27)20(21(31)34-2)17-6-8-18(25)9-7-17/h6-9,20H,3-5,10-16H2,1-2H3. The molecule has 10 heteroatoms. The zero-order chi connectivity index (χ0) is 24.5. The minimum absolute atomic E-state index is 0.249. The van der Waals surface area contributed by atoms with Gasteiger partial charge >= 0.3 is 12.0 Å². The molecule has 1 aromatic carbocycles. The third kappa shape index (κ3) is 4.38. The molecule has 4 amide bonds. The highest BCUT2D eigenvalue weighted by molar-refractivity contribution is 6.30. The Labute approximate surface area is 204 Å². The predicted octanol–water partition coefficient (Wildman–Crippen LogP) is 2.30. The van der Waals surface area contributed by atoms with Gasteiger partial charge in [-0.3, -0.25) is 19.4 Å². The molecule has 0 aromatic heterocycles. The molecule has 34 heavy (non-hydrogen) atoms. The van der Waals surface area contributed by atoms with E-state index in [0.717, 1.165) is 29.7 Å². The largest absolute Gasteiger partial charge is 0.468 e. The summed E-state index contributed by atoms with van der Waals surface area (Å²) in [5, 5.41) is 0.578. The number of carbonyl (C=O) groups excluding carboxylic acids is 4. The van der Waals surface area contributed by atoms with Gasteiger partial charge in [0.1, 0.15) is 18.1 Å². The molecule has 1 aliphatic carbocycles. The molecule has 1 aromatic rings. The maximum Gasteiger partial charge on any atom is 0.327 e. The molecule has 1 unspecified atom stereocenters. The highest BCUT2D eigenvalue weighted by Gasteiger charge is 2.56. The number of rotatable bonds is 5. The molecule has 0 bridgehead atoms. The Bertz CT molecular complexity index is 955. The molecular formula is C24H31ClN4O5. The third-order valence-electron chi connectivity index (χ3n) is 7.42. The zero-order valence-corrected chi connectivity index (χ0v) is 20.4. The molecule has 2 aliphatic heterocycles. The first kappa shape index (κ1) is 24.5. The first-order chi connectivity index (χ1) is 16.3. The van der Waals surface area contributed by atoms with Gasteiger partial charge in [-0.15, -0.1) is 0 Å². The topological polar surface area (TPSA) is 90.5 Å². The van der Waals surface area contributed by atoms with Crippen molar-refractivity contribution < 1.29 is 23.9 Å². The molecule has 0 N–H and O–H groups in total. The van der Waals surface area contributed by atoms with Crippen molar-refractivity contribution in [1.82, 2.24) is 19.6 Å². The van der Waals surface area contributed by atoms with Crippen LogP contribution in [0.2, 0.25) is 5.02 Å². The quantitative estimate of drug-likeness (QED) is 0.464. The first-order valence-corrected chi connectivity index (χ1v) is 12.1. The van der Waals surface area contributed by atoms with E-state index in [-0.39, 0.29) is 24.3 Å². The summed E-state index contributed by atoms with van der Waals surface area (Å²) >= 11 is 5.99. The monoisotopic (exact) mass is 490 g/mol. The van der Waals surface area contributed by atoms with Gasteiger partial charge in [0.15, 0.2) is 0 Å². The molecule has 3 fully saturated rings. The van der Waals surface area contributed by atoms with E-state index in [1.807, 2.05) is 4.90 Å². The summed E-state index contributed by atoms with van der Waals surface area (Å²) < 4.78 is 5.02. The van der Waals surface area contributed by atoms with E-state index in [2.05, 4.69) is 0 Å². The van der Waals surface area contributed by atoms with Crippen LogP contribution in [0.25, 0.3) is 0 Å². The van der Waals surface area contributed by atoms with Crippen LogP contribution in [0.15, 0.2) is 24.3 Å². The average molecular weight is 491 g/mol. The van der Waals surface area contributed by atoms with Gasteiger partial charge in [-0.1, -0.05) is 43.0 Å². The highest BCUT2D eigenvalue weighted by Crippen LogP contribution is 2.39. The van der Waals surface area contributed by atoms with Crippen LogP contribution in [-0.4, -0.2) is 95.8 Å². The lowest BCUT2D eigenvalue weighted by molar-refractivity contribution is -0.149. The second-order valence-electron chi connectivity index (χ2n) is 9.22. The van der Waals surface area contributed by atoms with Crippen LogP contribution in [0.1, 0.15) is 43.7 Å². The van der Waals surface area contributed by atoms with E-state index >= 15 is 0 Å². The number of piperazine rings is 1. The molecule has 2 heterocycles. The molecule has 1 saturated carbocycles. The Morgan fingerprint density at radius 3 is 2.24 bits per heavy atom. The molecule has 1 spiro atoms. The average Bonchev–Trinajstić information content (AvgIpc) is 3.02. The number of urea groups is 1. The lowest BCUT2D eigenvalue weighted by Gasteiger charge is -2.38. The van der Waals surface area contributed by atoms with E-state index in [0.29, 0.717) is 44.0 Å². The fourth-order valence-corrected chi connectivity index (χ4v) is 5.51. The summed E-state index contributed by atoms with van der Waals surface area (Å²) in [6.45, 7) is 1.44. The van der Waals surface area contributed by atoms with Gasteiger partial charge in [0, 0.05) is 38.2 Å². The van der Waals surface area contributed by atoms with Crippen molar-refractivity contribution >= 4 is 35.4 Å². The third-order valence-corrected chi connectivity index (χ3v) is 7.67. The summed E-state index contributed by atoms with van der Waals surface area (Å²) in [7, 11) is 3.02. The Morgan fingerprint density at radius 2 is 1.65 bits per heavy atom. The van der Waals surface area contributed by atoms with E-state index in [4.69, 9.17) is 16.3 Å². The fraction of sp³-hybridized carbons (Fsp3) is 0.583. The summed E-state index contributed by atoms with van der Waals surface area (Å²) in [6.07, 6.45) is 4.17. The van der Waals surface area contributed by atoms with Crippen molar-refractivity contribution in [1.29, 1.82) is 0 Å². The van der Waals surface area contributed by atoms with E-state index in [9.17, 15) is 19.2 Å². The van der Waals surface area contributed by atoms with Gasteiger partial charge in [-0.2, -0.15) is 0 Å². The lowest BCUT2D eigenvalue weighted by Crippen LogP contribution is -2.54. The van der Waals surface area contributed by atoms with Crippen LogP contribution >= 0.6 is 11.6 Å². The first-order valence-electron chi connectivity index (χ1n) is 11.7. The van der Waals surface area contributed by atoms with E-state index < -0.39 is 17.6 Å². The van der Waals surface area contributed by atoms with Crippen LogP contribution in [0.3, 0.4) is 0 Å². The molecule has 9 nitrogen and oxygen atoms in total. The number of amides is 4. The smallest absolute Gasteiger partial charge is 0.327 e. The molecule has 1 atom stereocenters. The summed E-state index contributed by atoms with van der Waals surface area (Å²) in [6, 6.07) is 6.06. The normalized spacial score (nSPS) is 21.8. The van der Waals surface area contributed by atoms with Crippen LogP contribution in [0, 0.1) is 0 Å².